The molecular formula is C27H22F2N6O5S. The SMILES string of the molecule is CCn1cc(C(=O)Nc2ccc(Oc3cc(NS(C)=O)cn4nccc34)c(F)c2)c(=O)n(-c2ccc(F)cc2)c1=O. The monoisotopic (exact) mass is 580 g/mol. The van der Waals surface area contributed by atoms with E-state index in [0.29, 0.717) is 11.2 Å². The first-order chi connectivity index (χ1) is 19.6. The van der Waals surface area contributed by atoms with Gasteiger partial charge in [0.05, 0.1) is 23.8 Å². The van der Waals surface area contributed by atoms with Gasteiger partial charge in [-0.25, -0.2) is 26.9 Å². The number of benzene rings is 2. The first-order valence-electron chi connectivity index (χ1n) is 12.1. The van der Waals surface area contributed by atoms with E-state index in [-0.39, 0.29) is 35.0 Å². The van der Waals surface area contributed by atoms with Gasteiger partial charge in [-0.05, 0) is 49.4 Å². The van der Waals surface area contributed by atoms with Crippen LogP contribution in [0.3, 0.4) is 0 Å². The highest BCUT2D eigenvalue weighted by molar-refractivity contribution is 7.85. The zero-order chi connectivity index (χ0) is 29.3. The number of amides is 1. The van der Waals surface area contributed by atoms with Gasteiger partial charge in [-0.2, -0.15) is 5.10 Å². The Labute approximate surface area is 233 Å². The second kappa shape index (κ2) is 11.2. The summed E-state index contributed by atoms with van der Waals surface area (Å²) < 4.78 is 52.0. The normalized spacial score (nSPS) is 11.8. The van der Waals surface area contributed by atoms with Crippen LogP contribution >= 0.6 is 0 Å². The summed E-state index contributed by atoms with van der Waals surface area (Å²) in [7, 11) is -1.37. The Kier molecular flexibility index (Phi) is 7.48. The minimum Gasteiger partial charge on any atom is -0.452 e. The summed E-state index contributed by atoms with van der Waals surface area (Å²) >= 11 is 0. The number of fused-ring (bicyclic) bond motifs is 1. The zero-order valence-corrected chi connectivity index (χ0v) is 22.4. The lowest BCUT2D eigenvalue weighted by Crippen LogP contribution is -2.42. The predicted octanol–water partition coefficient (Wildman–Crippen LogP) is 3.70. The molecule has 14 heteroatoms. The predicted molar refractivity (Wildman–Crippen MR) is 149 cm³/mol. The molecule has 0 saturated heterocycles. The molecule has 5 rings (SSSR count). The maximum atomic E-state index is 15.1. The molecule has 2 aromatic carbocycles. The molecule has 0 aliphatic rings. The Morgan fingerprint density at radius 1 is 1.00 bits per heavy atom. The van der Waals surface area contributed by atoms with E-state index in [9.17, 15) is 23.0 Å². The second-order valence-corrected chi connectivity index (χ2v) is 9.85. The molecule has 2 N–H and O–H groups in total. The number of hydrogen-bond donors (Lipinski definition) is 2. The molecule has 11 nitrogen and oxygen atoms in total. The standard InChI is InChI=1S/C27H22F2N6O5S/c1-3-33-15-20(26(37)35(27(33)38)19-7-4-16(28)5-8-19)25(36)31-17-6-9-23(21(29)12-17)40-24-13-18(32-41(2)39)14-34-22(24)10-11-30-34/h4-15,32H,3H2,1-2H3,(H,31,36). The van der Waals surface area contributed by atoms with Crippen LogP contribution in [0.5, 0.6) is 11.5 Å². The first kappa shape index (κ1) is 27.5. The van der Waals surface area contributed by atoms with Gasteiger partial charge in [0.15, 0.2) is 17.3 Å². The summed E-state index contributed by atoms with van der Waals surface area (Å²) in [5, 5.41) is 6.60. The fraction of sp³-hybridized carbons (Fsp3) is 0.111. The van der Waals surface area contributed by atoms with Gasteiger partial charge >= 0.3 is 5.69 Å². The number of hydrogen-bond acceptors (Lipinski definition) is 6. The topological polar surface area (TPSA) is 129 Å². The maximum absolute atomic E-state index is 15.1. The summed E-state index contributed by atoms with van der Waals surface area (Å²) in [6, 6.07) is 11.6. The van der Waals surface area contributed by atoms with E-state index in [1.807, 2.05) is 0 Å². The van der Waals surface area contributed by atoms with Gasteiger partial charge in [-0.1, -0.05) is 0 Å². The van der Waals surface area contributed by atoms with Crippen LogP contribution in [0.15, 0.2) is 82.8 Å². The number of rotatable bonds is 8. The Bertz CT molecular complexity index is 1930. The van der Waals surface area contributed by atoms with E-state index in [1.54, 1.807) is 25.3 Å². The second-order valence-electron chi connectivity index (χ2n) is 8.74. The number of aryl methyl sites for hydroxylation is 1. The van der Waals surface area contributed by atoms with E-state index >= 15 is 4.39 Å². The quantitative estimate of drug-likeness (QED) is 0.288. The maximum Gasteiger partial charge on any atom is 0.335 e. The molecule has 0 aliphatic heterocycles. The molecule has 0 bridgehead atoms. The van der Waals surface area contributed by atoms with Crippen LogP contribution in [0.1, 0.15) is 17.3 Å². The smallest absolute Gasteiger partial charge is 0.335 e. The van der Waals surface area contributed by atoms with Crippen LogP contribution in [0, 0.1) is 11.6 Å². The molecule has 0 spiro atoms. The Morgan fingerprint density at radius 2 is 1.76 bits per heavy atom. The molecule has 3 aromatic heterocycles. The van der Waals surface area contributed by atoms with Gasteiger partial charge in [0.25, 0.3) is 11.5 Å². The van der Waals surface area contributed by atoms with Crippen molar-refractivity contribution < 1.29 is 22.5 Å². The lowest BCUT2D eigenvalue weighted by Gasteiger charge is -2.13. The third-order valence-electron chi connectivity index (χ3n) is 5.97. The van der Waals surface area contributed by atoms with Gasteiger partial charge in [0.2, 0.25) is 0 Å². The molecule has 1 atom stereocenters. The molecule has 0 radical (unpaired) electrons. The number of pyridine rings is 1. The van der Waals surface area contributed by atoms with Crippen LogP contribution in [0.2, 0.25) is 0 Å². The van der Waals surface area contributed by atoms with Crippen molar-refractivity contribution in [1.82, 2.24) is 18.7 Å². The lowest BCUT2D eigenvalue weighted by atomic mass is 10.2. The van der Waals surface area contributed by atoms with Gasteiger partial charge in [-0.15, -0.1) is 0 Å². The highest BCUT2D eigenvalue weighted by Crippen LogP contribution is 2.32. The largest absolute Gasteiger partial charge is 0.452 e. The number of carbonyl (C=O) groups is 1. The number of ether oxygens (including phenoxy) is 1. The average Bonchev–Trinajstić information content (AvgIpc) is 3.40. The van der Waals surface area contributed by atoms with E-state index in [1.165, 1.54) is 41.2 Å². The average molecular weight is 581 g/mol. The van der Waals surface area contributed by atoms with Gasteiger partial charge in [-0.3, -0.25) is 14.2 Å². The van der Waals surface area contributed by atoms with Crippen LogP contribution in [-0.2, 0) is 17.5 Å². The lowest BCUT2D eigenvalue weighted by molar-refractivity contribution is 0.102. The molecule has 1 amide bonds. The van der Waals surface area contributed by atoms with Crippen LogP contribution in [0.25, 0.3) is 11.2 Å². The highest BCUT2D eigenvalue weighted by atomic mass is 32.2. The Hall–Kier alpha value is -5.11. The summed E-state index contributed by atoms with van der Waals surface area (Å²) in [5.41, 5.74) is -0.938. The van der Waals surface area contributed by atoms with Crippen LogP contribution in [0.4, 0.5) is 20.2 Å². The molecule has 41 heavy (non-hydrogen) atoms. The van der Waals surface area contributed by atoms with Crippen molar-refractivity contribution >= 4 is 33.8 Å². The number of halogens is 2. The number of nitrogens with one attached hydrogen (secondary N) is 2. The van der Waals surface area contributed by atoms with Gasteiger partial charge < -0.3 is 14.8 Å². The molecular weight excluding hydrogens is 558 g/mol. The summed E-state index contributed by atoms with van der Waals surface area (Å²) in [5.74, 6) is -2.19. The Balaban J connectivity index is 1.43. The fourth-order valence-electron chi connectivity index (χ4n) is 4.08. The van der Waals surface area contributed by atoms with Crippen molar-refractivity contribution in [3.05, 3.63) is 111 Å². The summed E-state index contributed by atoms with van der Waals surface area (Å²) in [4.78, 5) is 39.1. The van der Waals surface area contributed by atoms with Crippen molar-refractivity contribution in [2.24, 2.45) is 0 Å². The van der Waals surface area contributed by atoms with E-state index in [0.717, 1.165) is 33.5 Å². The molecule has 1 unspecified atom stereocenters. The minimum absolute atomic E-state index is 0.0214. The zero-order valence-electron chi connectivity index (χ0n) is 21.6. The number of nitrogens with zero attached hydrogens (tertiary/aromatic N) is 4. The van der Waals surface area contributed by atoms with Crippen molar-refractivity contribution in [3.8, 4) is 17.2 Å². The summed E-state index contributed by atoms with van der Waals surface area (Å²) in [6.07, 6.45) is 5.70. The van der Waals surface area contributed by atoms with Crippen LogP contribution in [-0.4, -0.2) is 35.1 Å². The summed E-state index contributed by atoms with van der Waals surface area (Å²) in [6.45, 7) is 1.80. The van der Waals surface area contributed by atoms with E-state index in [4.69, 9.17) is 4.74 Å². The van der Waals surface area contributed by atoms with Crippen molar-refractivity contribution in [2.45, 2.75) is 13.5 Å². The Morgan fingerprint density at radius 3 is 2.44 bits per heavy atom. The molecule has 210 valence electrons. The number of aromatic nitrogens is 4. The molecule has 0 saturated carbocycles. The van der Waals surface area contributed by atoms with Gasteiger partial charge in [0, 0.05) is 36.8 Å². The number of carbonyl (C=O) groups excluding carboxylic acids is 1. The first-order valence-corrected chi connectivity index (χ1v) is 13.7. The molecule has 3 heterocycles. The van der Waals surface area contributed by atoms with Crippen molar-refractivity contribution in [2.75, 3.05) is 16.3 Å². The van der Waals surface area contributed by atoms with Gasteiger partial charge in [0.1, 0.15) is 27.9 Å². The number of anilines is 2. The third-order valence-corrected chi connectivity index (χ3v) is 6.49. The van der Waals surface area contributed by atoms with Crippen LogP contribution < -0.4 is 26.0 Å². The van der Waals surface area contributed by atoms with Crippen molar-refractivity contribution in [1.29, 1.82) is 0 Å². The highest BCUT2D eigenvalue weighted by Gasteiger charge is 2.19. The fourth-order valence-corrected chi connectivity index (χ4v) is 4.52. The van der Waals surface area contributed by atoms with E-state index in [2.05, 4.69) is 15.1 Å². The molecule has 0 aliphatic carbocycles. The molecule has 5 aromatic rings. The van der Waals surface area contributed by atoms with E-state index < -0.39 is 39.8 Å². The third kappa shape index (κ3) is 5.63. The van der Waals surface area contributed by atoms with Crippen molar-refractivity contribution in [3.63, 3.8) is 0 Å². The minimum atomic E-state index is -1.37. The molecule has 0 fully saturated rings.